The smallest absolute Gasteiger partial charge is 0.130 e. The first-order chi connectivity index (χ1) is 9.97. The quantitative estimate of drug-likeness (QED) is 0.800. The van der Waals surface area contributed by atoms with Crippen LogP contribution in [0.3, 0.4) is 0 Å². The van der Waals surface area contributed by atoms with Crippen LogP contribution in [-0.4, -0.2) is 6.04 Å². The number of benzene rings is 2. The number of ether oxygens (including phenoxy) is 1. The Kier molecular flexibility index (Phi) is 5.43. The minimum absolute atomic E-state index is 0.148. The largest absolute Gasteiger partial charge is 0.457 e. The van der Waals surface area contributed by atoms with Gasteiger partial charge < -0.3 is 10.5 Å². The molecule has 3 heteroatoms. The van der Waals surface area contributed by atoms with E-state index in [2.05, 4.69) is 41.9 Å². The lowest BCUT2D eigenvalue weighted by molar-refractivity contribution is 0.472. The lowest BCUT2D eigenvalue weighted by atomic mass is 10.0. The molecule has 0 bridgehead atoms. The summed E-state index contributed by atoms with van der Waals surface area (Å²) < 4.78 is 7.09. The standard InChI is InChI=1S/C18H22BrNO/c1-12(2)16-6-4-5-7-18(16)21-15-9-8-14(10-13(3)20)17(19)11-15/h4-9,11-13H,10,20H2,1-3H3. The van der Waals surface area contributed by atoms with E-state index in [1.54, 1.807) is 0 Å². The molecular formula is C18H22BrNO. The van der Waals surface area contributed by atoms with Crippen molar-refractivity contribution in [2.24, 2.45) is 5.73 Å². The summed E-state index contributed by atoms with van der Waals surface area (Å²) in [5, 5.41) is 0. The Morgan fingerprint density at radius 3 is 2.43 bits per heavy atom. The molecule has 0 aromatic heterocycles. The van der Waals surface area contributed by atoms with E-state index in [9.17, 15) is 0 Å². The number of halogens is 1. The third-order valence-electron chi connectivity index (χ3n) is 3.34. The van der Waals surface area contributed by atoms with Gasteiger partial charge in [0, 0.05) is 10.5 Å². The molecule has 1 unspecified atom stereocenters. The summed E-state index contributed by atoms with van der Waals surface area (Å²) in [7, 11) is 0. The second-order valence-corrected chi connectivity index (χ2v) is 6.58. The van der Waals surface area contributed by atoms with Crippen molar-refractivity contribution in [1.29, 1.82) is 0 Å². The summed E-state index contributed by atoms with van der Waals surface area (Å²) in [6, 6.07) is 14.4. The van der Waals surface area contributed by atoms with Gasteiger partial charge in [0.25, 0.3) is 0 Å². The van der Waals surface area contributed by atoms with E-state index in [1.807, 2.05) is 37.3 Å². The molecule has 0 aliphatic heterocycles. The highest BCUT2D eigenvalue weighted by atomic mass is 79.9. The number of hydrogen-bond donors (Lipinski definition) is 1. The van der Waals surface area contributed by atoms with Crippen LogP contribution < -0.4 is 10.5 Å². The zero-order valence-electron chi connectivity index (χ0n) is 12.8. The van der Waals surface area contributed by atoms with Crippen LogP contribution in [0.4, 0.5) is 0 Å². The highest BCUT2D eigenvalue weighted by Gasteiger charge is 2.09. The molecule has 2 aromatic carbocycles. The zero-order chi connectivity index (χ0) is 15.4. The summed E-state index contributed by atoms with van der Waals surface area (Å²) in [5.74, 6) is 2.18. The molecule has 21 heavy (non-hydrogen) atoms. The van der Waals surface area contributed by atoms with Gasteiger partial charge in [-0.15, -0.1) is 0 Å². The maximum atomic E-state index is 6.05. The van der Waals surface area contributed by atoms with E-state index in [-0.39, 0.29) is 6.04 Å². The van der Waals surface area contributed by atoms with Gasteiger partial charge in [0.1, 0.15) is 11.5 Å². The molecule has 2 N–H and O–H groups in total. The fraction of sp³-hybridized carbons (Fsp3) is 0.333. The molecule has 0 amide bonds. The average molecular weight is 348 g/mol. The monoisotopic (exact) mass is 347 g/mol. The zero-order valence-corrected chi connectivity index (χ0v) is 14.4. The van der Waals surface area contributed by atoms with Crippen molar-refractivity contribution in [2.45, 2.75) is 39.2 Å². The van der Waals surface area contributed by atoms with E-state index >= 15 is 0 Å². The van der Waals surface area contributed by atoms with Crippen molar-refractivity contribution in [2.75, 3.05) is 0 Å². The van der Waals surface area contributed by atoms with Crippen molar-refractivity contribution in [3.05, 3.63) is 58.1 Å². The minimum atomic E-state index is 0.148. The van der Waals surface area contributed by atoms with Gasteiger partial charge in [-0.25, -0.2) is 0 Å². The lowest BCUT2D eigenvalue weighted by Crippen LogP contribution is -2.17. The fourth-order valence-electron chi connectivity index (χ4n) is 2.28. The molecule has 0 spiro atoms. The maximum absolute atomic E-state index is 6.05. The van der Waals surface area contributed by atoms with Crippen LogP contribution in [-0.2, 0) is 6.42 Å². The Balaban J connectivity index is 2.23. The van der Waals surface area contributed by atoms with Crippen molar-refractivity contribution < 1.29 is 4.74 Å². The van der Waals surface area contributed by atoms with E-state index in [0.29, 0.717) is 5.92 Å². The Labute approximate surface area is 135 Å². The van der Waals surface area contributed by atoms with Gasteiger partial charge >= 0.3 is 0 Å². The SMILES string of the molecule is CC(N)Cc1ccc(Oc2ccccc2C(C)C)cc1Br. The highest BCUT2D eigenvalue weighted by molar-refractivity contribution is 9.10. The van der Waals surface area contributed by atoms with E-state index in [4.69, 9.17) is 10.5 Å². The first kappa shape index (κ1) is 16.1. The van der Waals surface area contributed by atoms with Gasteiger partial charge in [-0.05, 0) is 48.6 Å². The molecule has 0 fully saturated rings. The molecule has 0 aliphatic rings. The molecule has 0 aliphatic carbocycles. The van der Waals surface area contributed by atoms with Crippen molar-refractivity contribution in [1.82, 2.24) is 0 Å². The third kappa shape index (κ3) is 4.32. The molecule has 2 nitrogen and oxygen atoms in total. The van der Waals surface area contributed by atoms with Crippen molar-refractivity contribution in [3.8, 4) is 11.5 Å². The van der Waals surface area contributed by atoms with Gasteiger partial charge in [-0.2, -0.15) is 0 Å². The second kappa shape index (κ2) is 7.10. The number of nitrogens with two attached hydrogens (primary N) is 1. The van der Waals surface area contributed by atoms with Crippen molar-refractivity contribution >= 4 is 15.9 Å². The number of hydrogen-bond acceptors (Lipinski definition) is 2. The summed E-state index contributed by atoms with van der Waals surface area (Å²) >= 11 is 3.60. The lowest BCUT2D eigenvalue weighted by Gasteiger charge is -2.15. The van der Waals surface area contributed by atoms with Crippen LogP contribution in [0.5, 0.6) is 11.5 Å². The predicted molar refractivity (Wildman–Crippen MR) is 92.1 cm³/mol. The Morgan fingerprint density at radius 2 is 1.81 bits per heavy atom. The van der Waals surface area contributed by atoms with Crippen LogP contribution in [0.25, 0.3) is 0 Å². The highest BCUT2D eigenvalue weighted by Crippen LogP contribution is 2.32. The van der Waals surface area contributed by atoms with Crippen LogP contribution in [0.2, 0.25) is 0 Å². The van der Waals surface area contributed by atoms with Crippen molar-refractivity contribution in [3.63, 3.8) is 0 Å². The molecule has 2 aromatic rings. The Hall–Kier alpha value is -1.32. The third-order valence-corrected chi connectivity index (χ3v) is 4.07. The van der Waals surface area contributed by atoms with Gasteiger partial charge in [-0.1, -0.05) is 54.0 Å². The van der Waals surface area contributed by atoms with Crippen LogP contribution in [0, 0.1) is 0 Å². The van der Waals surface area contributed by atoms with Gasteiger partial charge in [0.2, 0.25) is 0 Å². The van der Waals surface area contributed by atoms with Gasteiger partial charge in [0.15, 0.2) is 0 Å². The number of rotatable bonds is 5. The van der Waals surface area contributed by atoms with Gasteiger partial charge in [-0.3, -0.25) is 0 Å². The second-order valence-electron chi connectivity index (χ2n) is 5.73. The predicted octanol–water partition coefficient (Wildman–Crippen LogP) is 5.25. The van der Waals surface area contributed by atoms with E-state index in [1.165, 1.54) is 11.1 Å². The molecule has 112 valence electrons. The molecular weight excluding hydrogens is 326 g/mol. The average Bonchev–Trinajstić information content (AvgIpc) is 2.42. The Morgan fingerprint density at radius 1 is 1.10 bits per heavy atom. The normalized spacial score (nSPS) is 12.5. The van der Waals surface area contributed by atoms with Crippen LogP contribution in [0.1, 0.15) is 37.8 Å². The molecule has 0 radical (unpaired) electrons. The summed E-state index contributed by atoms with van der Waals surface area (Å²) in [5.41, 5.74) is 8.28. The maximum Gasteiger partial charge on any atom is 0.130 e. The number of para-hydroxylation sites is 1. The first-order valence-corrected chi connectivity index (χ1v) is 8.07. The van der Waals surface area contributed by atoms with E-state index < -0.39 is 0 Å². The molecule has 2 rings (SSSR count). The Bertz CT molecular complexity index is 608. The molecule has 1 atom stereocenters. The molecule has 0 saturated heterocycles. The van der Waals surface area contributed by atoms with E-state index in [0.717, 1.165) is 22.4 Å². The van der Waals surface area contributed by atoms with Gasteiger partial charge in [0.05, 0.1) is 0 Å². The first-order valence-electron chi connectivity index (χ1n) is 7.28. The minimum Gasteiger partial charge on any atom is -0.457 e. The summed E-state index contributed by atoms with van der Waals surface area (Å²) in [6.07, 6.45) is 0.851. The van der Waals surface area contributed by atoms with Crippen LogP contribution >= 0.6 is 15.9 Å². The topological polar surface area (TPSA) is 35.2 Å². The fourth-order valence-corrected chi connectivity index (χ4v) is 2.80. The molecule has 0 heterocycles. The van der Waals surface area contributed by atoms with Crippen LogP contribution in [0.15, 0.2) is 46.9 Å². The summed E-state index contributed by atoms with van der Waals surface area (Å²) in [4.78, 5) is 0. The summed E-state index contributed by atoms with van der Waals surface area (Å²) in [6.45, 7) is 6.35. The molecule has 0 saturated carbocycles.